The van der Waals surface area contributed by atoms with Crippen LogP contribution in [-0.4, -0.2) is 22.2 Å². The zero-order chi connectivity index (χ0) is 7.11. The maximum absolute atomic E-state index is 5.49. The van der Waals surface area contributed by atoms with E-state index in [2.05, 4.69) is 13.5 Å². The van der Waals surface area contributed by atoms with Gasteiger partial charge in [-0.3, -0.25) is 0 Å². The summed E-state index contributed by atoms with van der Waals surface area (Å²) in [6, 6.07) is 1.11. The number of hydrogen-bond acceptors (Lipinski definition) is 2. The van der Waals surface area contributed by atoms with Gasteiger partial charge in [0.1, 0.15) is 0 Å². The van der Waals surface area contributed by atoms with Crippen LogP contribution in [0.2, 0.25) is 12.6 Å². The molecule has 0 radical (unpaired) electrons. The molecule has 0 saturated heterocycles. The average molecular weight is 147 g/mol. The summed E-state index contributed by atoms with van der Waals surface area (Å²) < 4.78 is 5.49. The molecule has 1 unspecified atom stereocenters. The van der Waals surface area contributed by atoms with Crippen LogP contribution in [0, 0.1) is 0 Å². The van der Waals surface area contributed by atoms with Crippen LogP contribution in [0.1, 0.15) is 13.3 Å². The zero-order valence-corrected chi connectivity index (χ0v) is 7.55. The van der Waals surface area contributed by atoms with Gasteiger partial charge < -0.3 is 10.2 Å². The van der Waals surface area contributed by atoms with Gasteiger partial charge in [0.25, 0.3) is 0 Å². The number of nitrogens with two attached hydrogens (primary N) is 1. The molecule has 2 N–H and O–H groups in total. The molecule has 0 amide bonds. The van der Waals surface area contributed by atoms with E-state index in [4.69, 9.17) is 10.2 Å². The van der Waals surface area contributed by atoms with Crippen LogP contribution in [0.4, 0.5) is 0 Å². The standard InChI is InChI=1S/C6H17NOSi/c1-3-5-8-9(2)6-4-7/h9H,3-7H2,1-2H3. The lowest BCUT2D eigenvalue weighted by molar-refractivity contribution is 0.322. The molecule has 0 saturated carbocycles. The molecular formula is C6H17NOSi. The molecule has 0 rings (SSSR count). The van der Waals surface area contributed by atoms with E-state index < -0.39 is 9.04 Å². The van der Waals surface area contributed by atoms with Crippen molar-refractivity contribution in [2.24, 2.45) is 5.73 Å². The number of rotatable bonds is 5. The summed E-state index contributed by atoms with van der Waals surface area (Å²) in [6.45, 7) is 6.04. The maximum atomic E-state index is 5.49. The highest BCUT2D eigenvalue weighted by molar-refractivity contribution is 6.50. The Balaban J connectivity index is 2.95. The van der Waals surface area contributed by atoms with Gasteiger partial charge in [-0.15, -0.1) is 0 Å². The molecule has 0 aromatic rings. The van der Waals surface area contributed by atoms with Crippen molar-refractivity contribution in [1.82, 2.24) is 0 Å². The van der Waals surface area contributed by atoms with Gasteiger partial charge >= 0.3 is 0 Å². The third kappa shape index (κ3) is 6.02. The van der Waals surface area contributed by atoms with Crippen molar-refractivity contribution >= 4 is 9.04 Å². The molecule has 0 aliphatic carbocycles. The van der Waals surface area contributed by atoms with E-state index in [0.29, 0.717) is 0 Å². The van der Waals surface area contributed by atoms with Crippen molar-refractivity contribution in [3.05, 3.63) is 0 Å². The minimum absolute atomic E-state index is 0.789. The lowest BCUT2D eigenvalue weighted by Gasteiger charge is -2.07. The summed E-state index contributed by atoms with van der Waals surface area (Å²) in [6.07, 6.45) is 1.13. The molecule has 0 spiro atoms. The van der Waals surface area contributed by atoms with Crippen molar-refractivity contribution in [2.45, 2.75) is 25.9 Å². The van der Waals surface area contributed by atoms with Gasteiger partial charge in [0, 0.05) is 6.61 Å². The van der Waals surface area contributed by atoms with E-state index in [1.165, 1.54) is 0 Å². The van der Waals surface area contributed by atoms with Gasteiger partial charge in [-0.25, -0.2) is 0 Å². The Bertz CT molecular complexity index is 61.0. The smallest absolute Gasteiger partial charge is 0.175 e. The van der Waals surface area contributed by atoms with Gasteiger partial charge in [-0.2, -0.15) is 0 Å². The predicted molar refractivity (Wildman–Crippen MR) is 43.1 cm³/mol. The van der Waals surface area contributed by atoms with Gasteiger partial charge in [0.05, 0.1) is 0 Å². The molecule has 2 nitrogen and oxygen atoms in total. The first-order valence-corrected chi connectivity index (χ1v) is 6.07. The van der Waals surface area contributed by atoms with Crippen LogP contribution in [0.15, 0.2) is 0 Å². The first-order chi connectivity index (χ1) is 4.31. The van der Waals surface area contributed by atoms with E-state index in [1.807, 2.05) is 0 Å². The highest BCUT2D eigenvalue weighted by Crippen LogP contribution is 1.92. The van der Waals surface area contributed by atoms with E-state index in [9.17, 15) is 0 Å². The third-order valence-electron chi connectivity index (χ3n) is 1.18. The highest BCUT2D eigenvalue weighted by atomic mass is 28.3. The lowest BCUT2D eigenvalue weighted by atomic mass is 10.5. The van der Waals surface area contributed by atoms with Crippen molar-refractivity contribution in [3.63, 3.8) is 0 Å². The Hall–Kier alpha value is 0.137. The van der Waals surface area contributed by atoms with Gasteiger partial charge in [-0.05, 0) is 25.6 Å². The lowest BCUT2D eigenvalue weighted by Crippen LogP contribution is -2.18. The average Bonchev–Trinajstić information content (AvgIpc) is 1.85. The molecule has 0 fully saturated rings. The van der Waals surface area contributed by atoms with Gasteiger partial charge in [0.2, 0.25) is 0 Å². The SMILES string of the molecule is CCCO[SiH](C)CCN. The van der Waals surface area contributed by atoms with Crippen LogP contribution in [0.5, 0.6) is 0 Å². The molecule has 0 aromatic carbocycles. The largest absolute Gasteiger partial charge is 0.420 e. The van der Waals surface area contributed by atoms with E-state index in [-0.39, 0.29) is 0 Å². The quantitative estimate of drug-likeness (QED) is 0.582. The molecule has 0 heterocycles. The molecule has 0 aliphatic rings. The molecule has 0 bridgehead atoms. The van der Waals surface area contributed by atoms with Gasteiger partial charge in [-0.1, -0.05) is 6.92 Å². The second-order valence-electron chi connectivity index (χ2n) is 2.26. The molecule has 9 heavy (non-hydrogen) atoms. The fourth-order valence-electron chi connectivity index (χ4n) is 0.637. The Morgan fingerprint density at radius 2 is 2.22 bits per heavy atom. The Morgan fingerprint density at radius 1 is 1.56 bits per heavy atom. The van der Waals surface area contributed by atoms with E-state index in [0.717, 1.165) is 25.6 Å². The highest BCUT2D eigenvalue weighted by Gasteiger charge is 2.00. The van der Waals surface area contributed by atoms with E-state index in [1.54, 1.807) is 0 Å². The second-order valence-corrected chi connectivity index (χ2v) is 4.79. The summed E-state index contributed by atoms with van der Waals surface area (Å²) in [7, 11) is -0.845. The Morgan fingerprint density at radius 3 is 2.67 bits per heavy atom. The summed E-state index contributed by atoms with van der Waals surface area (Å²) in [5.41, 5.74) is 5.36. The van der Waals surface area contributed by atoms with Crippen LogP contribution in [0.3, 0.4) is 0 Å². The van der Waals surface area contributed by atoms with Crippen LogP contribution < -0.4 is 5.73 Å². The van der Waals surface area contributed by atoms with Gasteiger partial charge in [0.15, 0.2) is 9.04 Å². The van der Waals surface area contributed by atoms with Crippen molar-refractivity contribution < 1.29 is 4.43 Å². The van der Waals surface area contributed by atoms with Crippen molar-refractivity contribution in [1.29, 1.82) is 0 Å². The maximum Gasteiger partial charge on any atom is 0.175 e. The fraction of sp³-hybridized carbons (Fsp3) is 1.00. The van der Waals surface area contributed by atoms with Crippen LogP contribution in [-0.2, 0) is 4.43 Å². The summed E-state index contributed by atoms with van der Waals surface area (Å²) in [4.78, 5) is 0. The second kappa shape index (κ2) is 6.26. The van der Waals surface area contributed by atoms with Crippen LogP contribution in [0.25, 0.3) is 0 Å². The normalized spacial score (nSPS) is 13.7. The minimum atomic E-state index is -0.845. The molecule has 0 aliphatic heterocycles. The monoisotopic (exact) mass is 147 g/mol. The van der Waals surface area contributed by atoms with E-state index >= 15 is 0 Å². The third-order valence-corrected chi connectivity index (χ3v) is 3.13. The molecular weight excluding hydrogens is 130 g/mol. The molecule has 3 heteroatoms. The summed E-state index contributed by atoms with van der Waals surface area (Å²) in [5, 5.41) is 0. The predicted octanol–water partition coefficient (Wildman–Crippen LogP) is 0.725. The number of hydrogen-bond donors (Lipinski definition) is 1. The first kappa shape index (κ1) is 9.14. The molecule has 0 aromatic heterocycles. The summed E-state index contributed by atoms with van der Waals surface area (Å²) in [5.74, 6) is 0. The zero-order valence-electron chi connectivity index (χ0n) is 6.39. The topological polar surface area (TPSA) is 35.2 Å². The van der Waals surface area contributed by atoms with Crippen molar-refractivity contribution in [3.8, 4) is 0 Å². The van der Waals surface area contributed by atoms with Crippen molar-refractivity contribution in [2.75, 3.05) is 13.2 Å². The fourth-order valence-corrected chi connectivity index (χ4v) is 1.91. The summed E-state index contributed by atoms with van der Waals surface area (Å²) >= 11 is 0. The Labute approximate surface area is 59.1 Å². The molecule has 56 valence electrons. The van der Waals surface area contributed by atoms with Crippen LogP contribution >= 0.6 is 0 Å². The molecule has 1 atom stereocenters. The first-order valence-electron chi connectivity index (χ1n) is 3.63. The Kier molecular flexibility index (Phi) is 6.35. The minimum Gasteiger partial charge on any atom is -0.420 e.